The minimum absolute atomic E-state index is 0.0710. The fourth-order valence-electron chi connectivity index (χ4n) is 2.93. The van der Waals surface area contributed by atoms with Gasteiger partial charge < -0.3 is 10.2 Å². The number of aromatic nitrogens is 2. The van der Waals surface area contributed by atoms with E-state index in [-0.39, 0.29) is 29.6 Å². The smallest absolute Gasteiger partial charge is 0.274 e. The van der Waals surface area contributed by atoms with Crippen LogP contribution in [0.1, 0.15) is 16.1 Å². The predicted octanol–water partition coefficient (Wildman–Crippen LogP) is 0.485. The molecule has 8 heteroatoms. The van der Waals surface area contributed by atoms with Crippen molar-refractivity contribution in [3.8, 4) is 0 Å². The summed E-state index contributed by atoms with van der Waals surface area (Å²) in [4.78, 5) is 39.8. The monoisotopic (exact) mass is 369 g/mol. The second kappa shape index (κ2) is 8.13. The van der Waals surface area contributed by atoms with E-state index in [9.17, 15) is 14.4 Å². The molecule has 2 aromatic rings. The van der Waals surface area contributed by atoms with Crippen LogP contribution < -0.4 is 10.9 Å². The number of amides is 2. The van der Waals surface area contributed by atoms with Crippen LogP contribution in [0.25, 0.3) is 0 Å². The van der Waals surface area contributed by atoms with Gasteiger partial charge in [-0.2, -0.15) is 5.10 Å². The molecule has 27 heavy (non-hydrogen) atoms. The van der Waals surface area contributed by atoms with Crippen molar-refractivity contribution in [3.63, 3.8) is 0 Å². The zero-order valence-electron chi connectivity index (χ0n) is 15.5. The van der Waals surface area contributed by atoms with E-state index in [2.05, 4.69) is 10.4 Å². The molecule has 0 saturated carbocycles. The Hall–Kier alpha value is -3.00. The van der Waals surface area contributed by atoms with E-state index in [1.165, 1.54) is 19.2 Å². The van der Waals surface area contributed by atoms with Crippen LogP contribution in [0.3, 0.4) is 0 Å². The SMILES string of the molecule is Cc1ccc(NC(=O)CN2CCN(C(=O)c3ccc(=O)n(C)n3)CC2)cc1. The van der Waals surface area contributed by atoms with Gasteiger partial charge in [-0.15, -0.1) is 0 Å². The van der Waals surface area contributed by atoms with Gasteiger partial charge >= 0.3 is 0 Å². The highest BCUT2D eigenvalue weighted by molar-refractivity contribution is 5.93. The van der Waals surface area contributed by atoms with Crippen molar-refractivity contribution >= 4 is 17.5 Å². The van der Waals surface area contributed by atoms with Crippen LogP contribution in [-0.4, -0.2) is 64.1 Å². The Balaban J connectivity index is 1.50. The van der Waals surface area contributed by atoms with Gasteiger partial charge in [-0.05, 0) is 25.1 Å². The summed E-state index contributed by atoms with van der Waals surface area (Å²) in [7, 11) is 1.52. The number of aryl methyl sites for hydroxylation is 2. The van der Waals surface area contributed by atoms with Crippen LogP contribution >= 0.6 is 0 Å². The number of benzene rings is 1. The molecule has 1 fully saturated rings. The maximum absolute atomic E-state index is 12.5. The van der Waals surface area contributed by atoms with E-state index in [1.807, 2.05) is 36.1 Å². The molecule has 1 saturated heterocycles. The number of carbonyl (C=O) groups excluding carboxylic acids is 2. The lowest BCUT2D eigenvalue weighted by Gasteiger charge is -2.34. The summed E-state index contributed by atoms with van der Waals surface area (Å²) in [6, 6.07) is 10.5. The number of anilines is 1. The molecule has 2 amide bonds. The van der Waals surface area contributed by atoms with Crippen LogP contribution in [-0.2, 0) is 11.8 Å². The van der Waals surface area contributed by atoms with Crippen LogP contribution in [0.5, 0.6) is 0 Å². The maximum Gasteiger partial charge on any atom is 0.274 e. The lowest BCUT2D eigenvalue weighted by Crippen LogP contribution is -2.50. The first-order valence-electron chi connectivity index (χ1n) is 8.85. The highest BCUT2D eigenvalue weighted by Crippen LogP contribution is 2.10. The molecule has 1 aromatic heterocycles. The number of nitrogens with zero attached hydrogens (tertiary/aromatic N) is 4. The van der Waals surface area contributed by atoms with Crippen LogP contribution in [0.2, 0.25) is 0 Å². The van der Waals surface area contributed by atoms with E-state index in [4.69, 9.17) is 0 Å². The van der Waals surface area contributed by atoms with Gasteiger partial charge in [0.2, 0.25) is 5.91 Å². The topological polar surface area (TPSA) is 87.5 Å². The Bertz CT molecular complexity index is 883. The molecule has 1 aliphatic rings. The van der Waals surface area contributed by atoms with Gasteiger partial charge in [0.1, 0.15) is 5.69 Å². The van der Waals surface area contributed by atoms with Crippen molar-refractivity contribution in [2.45, 2.75) is 6.92 Å². The Morgan fingerprint density at radius 3 is 2.33 bits per heavy atom. The summed E-state index contributed by atoms with van der Waals surface area (Å²) in [6.07, 6.45) is 0. The Labute approximate surface area is 157 Å². The van der Waals surface area contributed by atoms with E-state index in [0.29, 0.717) is 26.2 Å². The standard InChI is InChI=1S/C19H23N5O3/c1-14-3-5-15(6-4-14)20-17(25)13-23-9-11-24(12-10-23)19(27)16-7-8-18(26)22(2)21-16/h3-8H,9-13H2,1-2H3,(H,20,25). The quantitative estimate of drug-likeness (QED) is 0.847. The van der Waals surface area contributed by atoms with Gasteiger partial charge in [0.05, 0.1) is 6.54 Å². The average Bonchev–Trinajstić information content (AvgIpc) is 2.66. The molecule has 3 rings (SSSR count). The van der Waals surface area contributed by atoms with Crippen LogP contribution in [0.4, 0.5) is 5.69 Å². The van der Waals surface area contributed by atoms with Crippen molar-refractivity contribution < 1.29 is 9.59 Å². The van der Waals surface area contributed by atoms with Crippen LogP contribution in [0.15, 0.2) is 41.2 Å². The third-order valence-corrected chi connectivity index (χ3v) is 4.54. The molecule has 0 bridgehead atoms. The molecular formula is C19H23N5O3. The lowest BCUT2D eigenvalue weighted by atomic mass is 10.2. The molecule has 1 N–H and O–H groups in total. The zero-order valence-corrected chi connectivity index (χ0v) is 15.5. The second-order valence-corrected chi connectivity index (χ2v) is 6.66. The minimum atomic E-state index is -0.254. The number of piperazine rings is 1. The van der Waals surface area contributed by atoms with Crippen molar-refractivity contribution in [2.75, 3.05) is 38.0 Å². The highest BCUT2D eigenvalue weighted by atomic mass is 16.2. The third-order valence-electron chi connectivity index (χ3n) is 4.54. The molecule has 0 spiro atoms. The molecule has 1 aromatic carbocycles. The predicted molar refractivity (Wildman–Crippen MR) is 102 cm³/mol. The average molecular weight is 369 g/mol. The lowest BCUT2D eigenvalue weighted by molar-refractivity contribution is -0.117. The first kappa shape index (κ1) is 18.8. The summed E-state index contributed by atoms with van der Waals surface area (Å²) in [5.41, 5.74) is 1.92. The summed E-state index contributed by atoms with van der Waals surface area (Å²) in [5.74, 6) is -0.271. The Kier molecular flexibility index (Phi) is 5.66. The number of hydrogen-bond donors (Lipinski definition) is 1. The van der Waals surface area contributed by atoms with Gasteiger partial charge in [0.15, 0.2) is 0 Å². The maximum atomic E-state index is 12.5. The van der Waals surface area contributed by atoms with E-state index in [0.717, 1.165) is 15.9 Å². The number of hydrogen-bond acceptors (Lipinski definition) is 5. The van der Waals surface area contributed by atoms with Crippen molar-refractivity contribution in [3.05, 3.63) is 58.0 Å². The van der Waals surface area contributed by atoms with Crippen molar-refractivity contribution in [1.82, 2.24) is 19.6 Å². The first-order chi connectivity index (χ1) is 12.9. The van der Waals surface area contributed by atoms with E-state index < -0.39 is 0 Å². The van der Waals surface area contributed by atoms with Gasteiger partial charge in [0.25, 0.3) is 11.5 Å². The fourth-order valence-corrected chi connectivity index (χ4v) is 2.93. The molecule has 8 nitrogen and oxygen atoms in total. The highest BCUT2D eigenvalue weighted by Gasteiger charge is 2.24. The second-order valence-electron chi connectivity index (χ2n) is 6.66. The Morgan fingerprint density at radius 2 is 1.70 bits per heavy atom. The van der Waals surface area contributed by atoms with Gasteiger partial charge in [0, 0.05) is 45.0 Å². The van der Waals surface area contributed by atoms with Crippen molar-refractivity contribution in [2.24, 2.45) is 7.05 Å². The van der Waals surface area contributed by atoms with E-state index >= 15 is 0 Å². The first-order valence-corrected chi connectivity index (χ1v) is 8.85. The fraction of sp³-hybridized carbons (Fsp3) is 0.368. The summed E-state index contributed by atoms with van der Waals surface area (Å²) in [5, 5.41) is 6.89. The zero-order chi connectivity index (χ0) is 19.4. The Morgan fingerprint density at radius 1 is 1.04 bits per heavy atom. The summed E-state index contributed by atoms with van der Waals surface area (Å²) >= 11 is 0. The molecular weight excluding hydrogens is 346 g/mol. The van der Waals surface area contributed by atoms with Crippen molar-refractivity contribution in [1.29, 1.82) is 0 Å². The largest absolute Gasteiger partial charge is 0.335 e. The van der Waals surface area contributed by atoms with E-state index in [1.54, 1.807) is 4.90 Å². The molecule has 0 unspecified atom stereocenters. The molecule has 0 radical (unpaired) electrons. The number of nitrogens with one attached hydrogen (secondary N) is 1. The normalized spacial score (nSPS) is 14.8. The van der Waals surface area contributed by atoms with Gasteiger partial charge in [-0.25, -0.2) is 4.68 Å². The van der Waals surface area contributed by atoms with Gasteiger partial charge in [-0.1, -0.05) is 17.7 Å². The molecule has 0 aliphatic carbocycles. The van der Waals surface area contributed by atoms with Gasteiger partial charge in [-0.3, -0.25) is 19.3 Å². The molecule has 2 heterocycles. The minimum Gasteiger partial charge on any atom is -0.335 e. The summed E-state index contributed by atoms with van der Waals surface area (Å²) < 4.78 is 1.15. The summed E-state index contributed by atoms with van der Waals surface area (Å²) in [6.45, 7) is 4.53. The third kappa shape index (κ3) is 4.79. The van der Waals surface area contributed by atoms with Crippen LogP contribution in [0, 0.1) is 6.92 Å². The number of carbonyl (C=O) groups is 2. The molecule has 0 atom stereocenters. The number of rotatable bonds is 4. The molecule has 142 valence electrons. The molecule has 1 aliphatic heterocycles.